The van der Waals surface area contributed by atoms with Gasteiger partial charge in [0.25, 0.3) is 11.5 Å². The second-order valence-corrected chi connectivity index (χ2v) is 6.80. The summed E-state index contributed by atoms with van der Waals surface area (Å²) in [6.45, 7) is 1.04. The predicted octanol–water partition coefficient (Wildman–Crippen LogP) is 2.49. The Morgan fingerprint density at radius 2 is 2.14 bits per heavy atom. The van der Waals surface area contributed by atoms with Crippen molar-refractivity contribution in [3.63, 3.8) is 0 Å². The van der Waals surface area contributed by atoms with E-state index in [0.717, 1.165) is 12.8 Å². The molecule has 0 saturated carbocycles. The van der Waals surface area contributed by atoms with Gasteiger partial charge in [0.1, 0.15) is 17.0 Å². The maximum Gasteiger partial charge on any atom is 0.265 e. The average Bonchev–Trinajstić information content (AvgIpc) is 3.23. The molecule has 3 aromatic rings. The van der Waals surface area contributed by atoms with E-state index in [0.29, 0.717) is 29.7 Å². The van der Waals surface area contributed by atoms with Gasteiger partial charge in [0, 0.05) is 30.3 Å². The number of fused-ring (bicyclic) bond motifs is 1. The molecule has 1 saturated heterocycles. The number of rotatable bonds is 5. The summed E-state index contributed by atoms with van der Waals surface area (Å²) in [5.74, 6) is -0.875. The topological polar surface area (TPSA) is 73.2 Å². The van der Waals surface area contributed by atoms with Gasteiger partial charge in [0.2, 0.25) is 0 Å². The van der Waals surface area contributed by atoms with E-state index in [1.807, 2.05) is 0 Å². The number of ether oxygens (including phenoxy) is 1. The van der Waals surface area contributed by atoms with Crippen molar-refractivity contribution in [1.29, 1.82) is 0 Å². The molecular weight excluding hydrogens is 361 g/mol. The molecule has 1 aliphatic rings. The summed E-state index contributed by atoms with van der Waals surface area (Å²) in [7, 11) is 0. The average molecular weight is 381 g/mol. The summed E-state index contributed by atoms with van der Waals surface area (Å²) in [5.41, 5.74) is 0.272. The van der Waals surface area contributed by atoms with Crippen LogP contribution in [-0.4, -0.2) is 34.7 Å². The second-order valence-electron chi connectivity index (χ2n) is 6.80. The highest BCUT2D eigenvalue weighted by molar-refractivity contribution is 5.96. The van der Waals surface area contributed by atoms with E-state index in [2.05, 4.69) is 10.3 Å². The quantitative estimate of drug-likeness (QED) is 0.737. The van der Waals surface area contributed by atoms with Gasteiger partial charge < -0.3 is 10.1 Å². The van der Waals surface area contributed by atoms with Crippen LogP contribution in [-0.2, 0) is 11.3 Å². The fourth-order valence-electron chi connectivity index (χ4n) is 3.42. The Morgan fingerprint density at radius 1 is 1.29 bits per heavy atom. The van der Waals surface area contributed by atoms with Gasteiger partial charge in [-0.3, -0.25) is 14.2 Å². The van der Waals surface area contributed by atoms with Gasteiger partial charge in [0.05, 0.1) is 12.6 Å². The molecule has 0 bridgehead atoms. The molecule has 6 nitrogen and oxygen atoms in total. The van der Waals surface area contributed by atoms with Gasteiger partial charge >= 0.3 is 0 Å². The summed E-state index contributed by atoms with van der Waals surface area (Å²) in [6, 6.07) is 11.3. The van der Waals surface area contributed by atoms with Crippen LogP contribution in [0.3, 0.4) is 0 Å². The summed E-state index contributed by atoms with van der Waals surface area (Å²) in [4.78, 5) is 30.0. The third-order valence-electron chi connectivity index (χ3n) is 4.89. The lowest BCUT2D eigenvalue weighted by molar-refractivity contribution is 0.0856. The summed E-state index contributed by atoms with van der Waals surface area (Å²) in [5, 5.41) is 3.42. The zero-order valence-corrected chi connectivity index (χ0v) is 15.2. The largest absolute Gasteiger partial charge is 0.376 e. The van der Waals surface area contributed by atoms with Gasteiger partial charge in [-0.15, -0.1) is 0 Å². The minimum atomic E-state index is -0.501. The Labute approximate surface area is 161 Å². The van der Waals surface area contributed by atoms with Crippen LogP contribution in [0.25, 0.3) is 11.0 Å². The van der Waals surface area contributed by atoms with Crippen molar-refractivity contribution in [2.45, 2.75) is 25.5 Å². The molecule has 0 radical (unpaired) electrons. The number of halogens is 1. The second kappa shape index (κ2) is 7.90. The monoisotopic (exact) mass is 381 g/mol. The number of hydrogen-bond acceptors (Lipinski definition) is 4. The summed E-state index contributed by atoms with van der Waals surface area (Å²) >= 11 is 0. The van der Waals surface area contributed by atoms with E-state index in [4.69, 9.17) is 4.74 Å². The first-order valence-electron chi connectivity index (χ1n) is 9.25. The van der Waals surface area contributed by atoms with E-state index < -0.39 is 17.3 Å². The van der Waals surface area contributed by atoms with Crippen LogP contribution in [0, 0.1) is 5.82 Å². The minimum Gasteiger partial charge on any atom is -0.376 e. The number of aromatic nitrogens is 2. The fourth-order valence-corrected chi connectivity index (χ4v) is 3.42. The summed E-state index contributed by atoms with van der Waals surface area (Å²) in [6.07, 6.45) is 3.40. The van der Waals surface area contributed by atoms with Crippen LogP contribution < -0.4 is 10.9 Å². The normalized spacial score (nSPS) is 16.4. The molecule has 7 heteroatoms. The Morgan fingerprint density at radius 3 is 2.93 bits per heavy atom. The van der Waals surface area contributed by atoms with E-state index in [-0.39, 0.29) is 18.2 Å². The van der Waals surface area contributed by atoms with Crippen LogP contribution in [0.5, 0.6) is 0 Å². The molecule has 1 amide bonds. The highest BCUT2D eigenvalue weighted by Crippen LogP contribution is 2.15. The van der Waals surface area contributed by atoms with E-state index in [1.54, 1.807) is 36.5 Å². The van der Waals surface area contributed by atoms with Crippen molar-refractivity contribution in [2.24, 2.45) is 0 Å². The standard InChI is InChI=1S/C21H20FN3O3/c22-18-8-2-1-5-15(18)13-25-19-14(6-3-9-23-19)11-17(21(25)27)20(26)24-12-16-7-4-10-28-16/h1-3,5-6,8-9,11,16H,4,7,10,12-13H2,(H,24,26)/t16-/m1/s1. The molecule has 0 spiro atoms. The molecule has 1 aliphatic heterocycles. The Kier molecular flexibility index (Phi) is 5.16. The zero-order chi connectivity index (χ0) is 19.5. The number of carbonyl (C=O) groups is 1. The highest BCUT2D eigenvalue weighted by atomic mass is 19.1. The van der Waals surface area contributed by atoms with Gasteiger partial charge in [0.15, 0.2) is 0 Å². The first kappa shape index (κ1) is 18.3. The molecule has 28 heavy (non-hydrogen) atoms. The van der Waals surface area contributed by atoms with Crippen molar-refractivity contribution in [3.05, 3.63) is 76.0 Å². The molecular formula is C21H20FN3O3. The van der Waals surface area contributed by atoms with Crippen molar-refractivity contribution in [3.8, 4) is 0 Å². The predicted molar refractivity (Wildman–Crippen MR) is 103 cm³/mol. The smallest absolute Gasteiger partial charge is 0.265 e. The molecule has 4 rings (SSSR count). The molecule has 1 atom stereocenters. The Hall–Kier alpha value is -3.06. The van der Waals surface area contributed by atoms with Gasteiger partial charge in [-0.2, -0.15) is 0 Å². The minimum absolute atomic E-state index is 0.00806. The number of hydrogen-bond donors (Lipinski definition) is 1. The lowest BCUT2D eigenvalue weighted by Crippen LogP contribution is -2.37. The van der Waals surface area contributed by atoms with Crippen molar-refractivity contribution >= 4 is 16.9 Å². The third-order valence-corrected chi connectivity index (χ3v) is 4.89. The lowest BCUT2D eigenvalue weighted by Gasteiger charge is -2.14. The third kappa shape index (κ3) is 3.66. The zero-order valence-electron chi connectivity index (χ0n) is 15.2. The Balaban J connectivity index is 1.71. The maximum absolute atomic E-state index is 14.1. The molecule has 1 N–H and O–H groups in total. The number of carbonyl (C=O) groups excluding carboxylic acids is 1. The fraction of sp³-hybridized carbons (Fsp3) is 0.286. The molecule has 0 aliphatic carbocycles. The maximum atomic E-state index is 14.1. The number of pyridine rings is 2. The number of nitrogens with one attached hydrogen (secondary N) is 1. The van der Waals surface area contributed by atoms with Crippen LogP contribution in [0.1, 0.15) is 28.8 Å². The van der Waals surface area contributed by atoms with Gasteiger partial charge in [-0.1, -0.05) is 18.2 Å². The highest BCUT2D eigenvalue weighted by Gasteiger charge is 2.20. The van der Waals surface area contributed by atoms with E-state index in [9.17, 15) is 14.0 Å². The van der Waals surface area contributed by atoms with Gasteiger partial charge in [-0.25, -0.2) is 9.37 Å². The molecule has 2 aromatic heterocycles. The van der Waals surface area contributed by atoms with Crippen LogP contribution in [0.15, 0.2) is 53.5 Å². The number of benzene rings is 1. The Bertz CT molecular complexity index is 1070. The first-order valence-corrected chi connectivity index (χ1v) is 9.25. The van der Waals surface area contributed by atoms with Crippen molar-refractivity contribution < 1.29 is 13.9 Å². The van der Waals surface area contributed by atoms with Crippen molar-refractivity contribution in [2.75, 3.05) is 13.2 Å². The number of amides is 1. The number of nitrogens with zero attached hydrogens (tertiary/aromatic N) is 2. The molecule has 0 unspecified atom stereocenters. The van der Waals surface area contributed by atoms with Crippen LogP contribution in [0.2, 0.25) is 0 Å². The van der Waals surface area contributed by atoms with E-state index >= 15 is 0 Å². The van der Waals surface area contributed by atoms with E-state index in [1.165, 1.54) is 16.7 Å². The lowest BCUT2D eigenvalue weighted by atomic mass is 10.1. The SMILES string of the molecule is O=C(NC[C@H]1CCCO1)c1cc2cccnc2n(Cc2ccccc2F)c1=O. The molecule has 1 fully saturated rings. The molecule has 3 heterocycles. The molecule has 144 valence electrons. The van der Waals surface area contributed by atoms with Crippen molar-refractivity contribution in [1.82, 2.24) is 14.9 Å². The van der Waals surface area contributed by atoms with Gasteiger partial charge in [-0.05, 0) is 37.1 Å². The van der Waals surface area contributed by atoms with Crippen LogP contribution >= 0.6 is 0 Å². The molecule has 1 aromatic carbocycles. The van der Waals surface area contributed by atoms with Crippen LogP contribution in [0.4, 0.5) is 4.39 Å². The first-order chi connectivity index (χ1) is 13.6. The summed E-state index contributed by atoms with van der Waals surface area (Å²) < 4.78 is 21.0.